The highest BCUT2D eigenvalue weighted by atomic mass is 35.5. The molecule has 1 amide bonds. The minimum Gasteiger partial charge on any atom is -0.348 e. The Labute approximate surface area is 129 Å². The van der Waals surface area contributed by atoms with E-state index in [0.717, 1.165) is 5.56 Å². The van der Waals surface area contributed by atoms with Crippen LogP contribution in [0.4, 0.5) is 0 Å². The predicted octanol–water partition coefficient (Wildman–Crippen LogP) is 2.58. The summed E-state index contributed by atoms with van der Waals surface area (Å²) in [5.41, 5.74) is 7.57. The molecule has 0 heterocycles. The molecule has 0 saturated heterocycles. The van der Waals surface area contributed by atoms with E-state index in [1.807, 2.05) is 24.3 Å². The molecule has 0 aliphatic rings. The average molecular weight is 299 g/mol. The van der Waals surface area contributed by atoms with E-state index in [-0.39, 0.29) is 12.5 Å². The van der Waals surface area contributed by atoms with Crippen molar-refractivity contribution in [1.29, 1.82) is 0 Å². The maximum absolute atomic E-state index is 12.2. The van der Waals surface area contributed by atoms with Gasteiger partial charge < -0.3 is 11.1 Å². The molecule has 0 radical (unpaired) electrons. The molecule has 3 nitrogen and oxygen atoms in total. The van der Waals surface area contributed by atoms with Gasteiger partial charge in [-0.3, -0.25) is 4.79 Å². The van der Waals surface area contributed by atoms with Gasteiger partial charge in [0.05, 0.1) is 12.1 Å². The Hall–Kier alpha value is -2.28. The number of carbonyl (C=O) groups is 1. The van der Waals surface area contributed by atoms with Crippen molar-refractivity contribution in [2.75, 3.05) is 6.54 Å². The second-order valence-corrected chi connectivity index (χ2v) is 4.80. The number of benzene rings is 2. The van der Waals surface area contributed by atoms with Crippen molar-refractivity contribution >= 4 is 17.5 Å². The zero-order chi connectivity index (χ0) is 15.1. The second-order valence-electron chi connectivity index (χ2n) is 4.36. The van der Waals surface area contributed by atoms with E-state index in [1.54, 1.807) is 24.3 Å². The Morgan fingerprint density at radius 3 is 2.57 bits per heavy atom. The van der Waals surface area contributed by atoms with Gasteiger partial charge in [0, 0.05) is 17.1 Å². The van der Waals surface area contributed by atoms with Gasteiger partial charge in [-0.2, -0.15) is 0 Å². The highest BCUT2D eigenvalue weighted by Crippen LogP contribution is 2.10. The van der Waals surface area contributed by atoms with Crippen molar-refractivity contribution in [2.45, 2.75) is 6.54 Å². The number of nitrogens with two attached hydrogens (primary N) is 1. The summed E-state index contributed by atoms with van der Waals surface area (Å²) >= 11 is 5.83. The molecule has 2 aromatic carbocycles. The number of hydrogen-bond acceptors (Lipinski definition) is 2. The maximum atomic E-state index is 12.2. The van der Waals surface area contributed by atoms with Gasteiger partial charge in [-0.05, 0) is 29.8 Å². The lowest BCUT2D eigenvalue weighted by Gasteiger charge is -2.07. The van der Waals surface area contributed by atoms with Crippen molar-refractivity contribution in [1.82, 2.24) is 5.32 Å². The van der Waals surface area contributed by atoms with Crippen molar-refractivity contribution in [3.8, 4) is 11.8 Å². The van der Waals surface area contributed by atoms with Crippen LogP contribution in [-0.2, 0) is 6.54 Å². The summed E-state index contributed by atoms with van der Waals surface area (Å²) in [6.45, 7) is 0.704. The van der Waals surface area contributed by atoms with Gasteiger partial charge in [-0.1, -0.05) is 47.7 Å². The van der Waals surface area contributed by atoms with Gasteiger partial charge in [0.1, 0.15) is 0 Å². The topological polar surface area (TPSA) is 55.1 Å². The van der Waals surface area contributed by atoms with Crippen LogP contribution in [0.3, 0.4) is 0 Å². The van der Waals surface area contributed by atoms with E-state index in [4.69, 9.17) is 17.3 Å². The van der Waals surface area contributed by atoms with Gasteiger partial charge >= 0.3 is 0 Å². The zero-order valence-corrected chi connectivity index (χ0v) is 12.2. The van der Waals surface area contributed by atoms with E-state index in [2.05, 4.69) is 17.2 Å². The van der Waals surface area contributed by atoms with Crippen LogP contribution < -0.4 is 11.1 Å². The molecule has 106 valence electrons. The summed E-state index contributed by atoms with van der Waals surface area (Å²) in [6.07, 6.45) is 0. The summed E-state index contributed by atoms with van der Waals surface area (Å²) in [6, 6.07) is 14.6. The van der Waals surface area contributed by atoms with E-state index in [0.29, 0.717) is 22.7 Å². The molecule has 0 aliphatic carbocycles. The summed E-state index contributed by atoms with van der Waals surface area (Å²) in [7, 11) is 0. The van der Waals surface area contributed by atoms with Gasteiger partial charge in [-0.25, -0.2) is 0 Å². The van der Waals surface area contributed by atoms with Crippen LogP contribution in [0.15, 0.2) is 48.5 Å². The van der Waals surface area contributed by atoms with Crippen LogP contribution in [0.1, 0.15) is 21.5 Å². The first-order valence-corrected chi connectivity index (χ1v) is 6.89. The van der Waals surface area contributed by atoms with E-state index in [1.165, 1.54) is 0 Å². The van der Waals surface area contributed by atoms with Crippen LogP contribution in [0.2, 0.25) is 5.02 Å². The molecule has 3 N–H and O–H groups in total. The number of amides is 1. The first-order chi connectivity index (χ1) is 10.2. The van der Waals surface area contributed by atoms with Crippen molar-refractivity contribution in [3.63, 3.8) is 0 Å². The summed E-state index contributed by atoms with van der Waals surface area (Å²) in [4.78, 5) is 12.2. The van der Waals surface area contributed by atoms with Gasteiger partial charge in [0.2, 0.25) is 0 Å². The lowest BCUT2D eigenvalue weighted by Crippen LogP contribution is -2.23. The number of carbonyl (C=O) groups excluding carboxylic acids is 1. The first kappa shape index (κ1) is 15.1. The Bertz CT molecular complexity index is 684. The lowest BCUT2D eigenvalue weighted by molar-refractivity contribution is 0.0950. The fourth-order valence-electron chi connectivity index (χ4n) is 1.82. The smallest absolute Gasteiger partial charge is 0.252 e. The van der Waals surface area contributed by atoms with Gasteiger partial charge in [0.25, 0.3) is 5.91 Å². The van der Waals surface area contributed by atoms with Crippen LogP contribution >= 0.6 is 11.6 Å². The highest BCUT2D eigenvalue weighted by Gasteiger charge is 2.09. The number of rotatable bonds is 3. The van der Waals surface area contributed by atoms with Gasteiger partial charge in [-0.15, -0.1) is 0 Å². The Kier molecular flexibility index (Phi) is 5.39. The first-order valence-electron chi connectivity index (χ1n) is 6.51. The summed E-state index contributed by atoms with van der Waals surface area (Å²) in [5, 5.41) is 3.54. The second kappa shape index (κ2) is 7.49. The normalized spacial score (nSPS) is 9.62. The highest BCUT2D eigenvalue weighted by molar-refractivity contribution is 6.30. The molecule has 0 atom stereocenters. The van der Waals surface area contributed by atoms with Gasteiger partial charge in [0.15, 0.2) is 0 Å². The molecule has 0 bridgehead atoms. The third kappa shape index (κ3) is 4.35. The molecule has 21 heavy (non-hydrogen) atoms. The van der Waals surface area contributed by atoms with E-state index >= 15 is 0 Å². The quantitative estimate of drug-likeness (QED) is 0.856. The fourth-order valence-corrected chi connectivity index (χ4v) is 1.94. The minimum absolute atomic E-state index is 0.160. The van der Waals surface area contributed by atoms with Crippen molar-refractivity contribution < 1.29 is 4.79 Å². The molecule has 0 unspecified atom stereocenters. The summed E-state index contributed by atoms with van der Waals surface area (Å²) in [5.74, 6) is 5.51. The largest absolute Gasteiger partial charge is 0.348 e. The Morgan fingerprint density at radius 2 is 1.86 bits per heavy atom. The van der Waals surface area contributed by atoms with E-state index < -0.39 is 0 Å². The molecule has 0 saturated carbocycles. The lowest BCUT2D eigenvalue weighted by atomic mass is 10.1. The third-order valence-corrected chi connectivity index (χ3v) is 3.12. The van der Waals surface area contributed by atoms with Crippen LogP contribution in [0.5, 0.6) is 0 Å². The fraction of sp³-hybridized carbons (Fsp3) is 0.118. The molecular weight excluding hydrogens is 284 g/mol. The minimum atomic E-state index is -0.160. The summed E-state index contributed by atoms with van der Waals surface area (Å²) < 4.78 is 0. The van der Waals surface area contributed by atoms with Crippen LogP contribution in [0, 0.1) is 11.8 Å². The molecule has 2 rings (SSSR count). The predicted molar refractivity (Wildman–Crippen MR) is 85.0 cm³/mol. The maximum Gasteiger partial charge on any atom is 0.252 e. The zero-order valence-electron chi connectivity index (χ0n) is 11.4. The third-order valence-electron chi connectivity index (χ3n) is 2.86. The molecular formula is C17H15ClN2O. The molecule has 0 aliphatic heterocycles. The molecule has 0 spiro atoms. The molecule has 0 aromatic heterocycles. The standard InChI is InChI=1S/C17H15ClN2O/c18-15-9-7-13(8-10-15)12-20-17(21)16-6-2-1-4-14(16)5-3-11-19/h1-2,4,6-10H,11-12,19H2,(H,20,21). The Morgan fingerprint density at radius 1 is 1.14 bits per heavy atom. The molecule has 4 heteroatoms. The number of nitrogens with one attached hydrogen (secondary N) is 1. The monoisotopic (exact) mass is 298 g/mol. The van der Waals surface area contributed by atoms with Crippen LogP contribution in [0.25, 0.3) is 0 Å². The van der Waals surface area contributed by atoms with Crippen molar-refractivity contribution in [3.05, 3.63) is 70.2 Å². The number of halogens is 1. The molecule has 0 fully saturated rings. The SMILES string of the molecule is NCC#Cc1ccccc1C(=O)NCc1ccc(Cl)cc1. The van der Waals surface area contributed by atoms with Crippen LogP contribution in [-0.4, -0.2) is 12.5 Å². The number of hydrogen-bond donors (Lipinski definition) is 2. The Balaban J connectivity index is 2.08. The van der Waals surface area contributed by atoms with E-state index in [9.17, 15) is 4.79 Å². The molecule has 2 aromatic rings. The average Bonchev–Trinajstić information content (AvgIpc) is 2.52. The van der Waals surface area contributed by atoms with Crippen molar-refractivity contribution in [2.24, 2.45) is 5.73 Å².